The monoisotopic (exact) mass is 544 g/mol. The third kappa shape index (κ3) is 6.65. The molecule has 0 N–H and O–H groups in total. The average Bonchev–Trinajstić information content (AvgIpc) is 2.89. The Kier molecular flexibility index (Phi) is 10.2. The zero-order valence-corrected chi connectivity index (χ0v) is 25.0. The number of alkyl halides is 1. The molecule has 4 aliphatic carbocycles. The minimum Gasteiger partial charge on any atom is -0.381 e. The SMILES string of the molecule is COC1CCC(S(=O)(=O)C2CCC(OC3CCC(C(C)(C)C4CCC(C)CC4)CC3CCl)CC2)CC1. The topological polar surface area (TPSA) is 52.6 Å². The minimum atomic E-state index is -3.06. The van der Waals surface area contributed by atoms with Gasteiger partial charge in [0.1, 0.15) is 0 Å². The Morgan fingerprint density at radius 1 is 0.750 bits per heavy atom. The second-order valence-electron chi connectivity index (χ2n) is 13.5. The lowest BCUT2D eigenvalue weighted by molar-refractivity contribution is -0.0895. The van der Waals surface area contributed by atoms with E-state index in [-0.39, 0.29) is 28.8 Å². The lowest BCUT2D eigenvalue weighted by atomic mass is 9.58. The van der Waals surface area contributed by atoms with Crippen LogP contribution in [0.1, 0.15) is 117 Å². The predicted molar refractivity (Wildman–Crippen MR) is 149 cm³/mol. The van der Waals surface area contributed by atoms with Crippen LogP contribution in [0.5, 0.6) is 0 Å². The molecule has 4 nitrogen and oxygen atoms in total. The van der Waals surface area contributed by atoms with Gasteiger partial charge in [0.15, 0.2) is 9.84 Å². The van der Waals surface area contributed by atoms with Crippen LogP contribution in [0.15, 0.2) is 0 Å². The Hall–Kier alpha value is 0.160. The molecule has 0 heterocycles. The highest BCUT2D eigenvalue weighted by Gasteiger charge is 2.44. The number of hydrogen-bond donors (Lipinski definition) is 0. The van der Waals surface area contributed by atoms with E-state index in [0.717, 1.165) is 75.5 Å². The van der Waals surface area contributed by atoms with Gasteiger partial charge in [0.25, 0.3) is 0 Å². The van der Waals surface area contributed by atoms with Crippen molar-refractivity contribution in [3.63, 3.8) is 0 Å². The summed E-state index contributed by atoms with van der Waals surface area (Å²) in [4.78, 5) is 0. The van der Waals surface area contributed by atoms with Crippen molar-refractivity contribution in [2.75, 3.05) is 13.0 Å². The molecule has 0 aliphatic heterocycles. The maximum atomic E-state index is 13.3. The second-order valence-corrected chi connectivity index (χ2v) is 16.3. The number of rotatable bonds is 8. The molecule has 4 aliphatic rings. The first-order valence-electron chi connectivity index (χ1n) is 15.1. The number of methoxy groups -OCH3 is 1. The van der Waals surface area contributed by atoms with Crippen LogP contribution in [-0.4, -0.2) is 50.2 Å². The number of hydrogen-bond acceptors (Lipinski definition) is 4. The molecule has 0 radical (unpaired) electrons. The first-order chi connectivity index (χ1) is 17.1. The van der Waals surface area contributed by atoms with Crippen molar-refractivity contribution >= 4 is 21.4 Å². The Morgan fingerprint density at radius 2 is 1.28 bits per heavy atom. The van der Waals surface area contributed by atoms with Crippen molar-refractivity contribution in [1.82, 2.24) is 0 Å². The van der Waals surface area contributed by atoms with Crippen molar-refractivity contribution in [3.8, 4) is 0 Å². The highest BCUT2D eigenvalue weighted by atomic mass is 35.5. The molecule has 0 aromatic carbocycles. The Labute approximate surface area is 226 Å². The van der Waals surface area contributed by atoms with E-state index in [1.165, 1.54) is 38.5 Å². The molecule has 0 spiro atoms. The minimum absolute atomic E-state index is 0.169. The van der Waals surface area contributed by atoms with Crippen LogP contribution in [0.4, 0.5) is 0 Å². The van der Waals surface area contributed by atoms with Gasteiger partial charge < -0.3 is 9.47 Å². The van der Waals surface area contributed by atoms with Gasteiger partial charge in [0, 0.05) is 13.0 Å². The Bertz CT molecular complexity index is 775. The Balaban J connectivity index is 1.26. The highest BCUT2D eigenvalue weighted by molar-refractivity contribution is 7.92. The van der Waals surface area contributed by atoms with Crippen LogP contribution in [0.25, 0.3) is 0 Å². The van der Waals surface area contributed by atoms with E-state index in [4.69, 9.17) is 21.1 Å². The third-order valence-corrected chi connectivity index (χ3v) is 14.3. The summed E-state index contributed by atoms with van der Waals surface area (Å²) in [6, 6.07) is 0. The summed E-state index contributed by atoms with van der Waals surface area (Å²) >= 11 is 6.53. The zero-order chi connectivity index (χ0) is 25.9. The number of sulfone groups is 1. The van der Waals surface area contributed by atoms with E-state index >= 15 is 0 Å². The Morgan fingerprint density at radius 3 is 1.81 bits per heavy atom. The van der Waals surface area contributed by atoms with Crippen molar-refractivity contribution in [3.05, 3.63) is 0 Å². The number of halogens is 1. The van der Waals surface area contributed by atoms with Crippen molar-refractivity contribution in [2.24, 2.45) is 29.1 Å². The van der Waals surface area contributed by atoms with Gasteiger partial charge in [-0.15, -0.1) is 11.6 Å². The molecular weight excluding hydrogens is 492 g/mol. The summed E-state index contributed by atoms with van der Waals surface area (Å²) in [6.07, 6.45) is 16.3. The predicted octanol–water partition coefficient (Wildman–Crippen LogP) is 7.56. The summed E-state index contributed by atoms with van der Waals surface area (Å²) in [6.45, 7) is 7.45. The molecule has 3 unspecified atom stereocenters. The van der Waals surface area contributed by atoms with Crippen LogP contribution >= 0.6 is 11.6 Å². The molecule has 6 heteroatoms. The van der Waals surface area contributed by atoms with E-state index in [2.05, 4.69) is 20.8 Å². The smallest absolute Gasteiger partial charge is 0.156 e. The lowest BCUT2D eigenvalue weighted by Gasteiger charge is -2.48. The molecular formula is C30H53ClO4S. The van der Waals surface area contributed by atoms with E-state index < -0.39 is 9.84 Å². The van der Waals surface area contributed by atoms with E-state index in [1.807, 2.05) is 0 Å². The first-order valence-corrected chi connectivity index (χ1v) is 17.3. The van der Waals surface area contributed by atoms with Gasteiger partial charge in [0.2, 0.25) is 0 Å². The fourth-order valence-corrected chi connectivity index (χ4v) is 10.9. The van der Waals surface area contributed by atoms with E-state index in [9.17, 15) is 8.42 Å². The quantitative estimate of drug-likeness (QED) is 0.296. The zero-order valence-electron chi connectivity index (χ0n) is 23.4. The standard InChI is InChI=1S/C30H53ClO4S/c1-21-5-7-23(8-6-21)30(2,3)24-9-18-29(22(19-24)20-31)35-26-12-16-28(17-13-26)36(32,33)27-14-10-25(34-4)11-15-27/h21-29H,5-20H2,1-4H3. The second kappa shape index (κ2) is 12.6. The summed E-state index contributed by atoms with van der Waals surface area (Å²) in [5, 5.41) is -0.349. The van der Waals surface area contributed by atoms with Gasteiger partial charge in [-0.3, -0.25) is 0 Å². The molecule has 36 heavy (non-hydrogen) atoms. The highest BCUT2D eigenvalue weighted by Crippen LogP contribution is 2.51. The third-order valence-electron chi connectivity index (χ3n) is 11.1. The van der Waals surface area contributed by atoms with Gasteiger partial charge >= 0.3 is 0 Å². The van der Waals surface area contributed by atoms with Gasteiger partial charge in [-0.2, -0.15) is 0 Å². The van der Waals surface area contributed by atoms with Crippen LogP contribution in [0, 0.1) is 29.1 Å². The molecule has 3 atom stereocenters. The summed E-state index contributed by atoms with van der Waals surface area (Å²) in [5.74, 6) is 3.56. The van der Waals surface area contributed by atoms with Crippen LogP contribution in [-0.2, 0) is 19.3 Å². The van der Waals surface area contributed by atoms with Gasteiger partial charge in [-0.05, 0) is 113 Å². The number of ether oxygens (including phenoxy) is 2. The van der Waals surface area contributed by atoms with E-state index in [1.54, 1.807) is 7.11 Å². The van der Waals surface area contributed by atoms with Crippen LogP contribution in [0.3, 0.4) is 0 Å². The molecule has 4 rings (SSSR count). The maximum absolute atomic E-state index is 13.3. The van der Waals surface area contributed by atoms with Crippen molar-refractivity contribution < 1.29 is 17.9 Å². The maximum Gasteiger partial charge on any atom is 0.156 e. The molecule has 0 aromatic heterocycles. The largest absolute Gasteiger partial charge is 0.381 e. The van der Waals surface area contributed by atoms with Crippen molar-refractivity contribution in [2.45, 2.75) is 146 Å². The fraction of sp³-hybridized carbons (Fsp3) is 1.00. The van der Waals surface area contributed by atoms with Gasteiger partial charge in [-0.25, -0.2) is 8.42 Å². The summed E-state index contributed by atoms with van der Waals surface area (Å²) in [5.41, 5.74) is 0.379. The summed E-state index contributed by atoms with van der Waals surface area (Å²) < 4.78 is 38.8. The van der Waals surface area contributed by atoms with Crippen LogP contribution < -0.4 is 0 Å². The first kappa shape index (κ1) is 29.2. The van der Waals surface area contributed by atoms with Crippen molar-refractivity contribution in [1.29, 1.82) is 0 Å². The molecule has 0 aromatic rings. The van der Waals surface area contributed by atoms with Crippen LogP contribution in [0.2, 0.25) is 0 Å². The molecule has 4 fully saturated rings. The fourth-order valence-electron chi connectivity index (χ4n) is 8.20. The summed E-state index contributed by atoms with van der Waals surface area (Å²) in [7, 11) is -1.32. The normalized spacial score (nSPS) is 41.2. The lowest BCUT2D eigenvalue weighted by Crippen LogP contribution is -2.44. The van der Waals surface area contributed by atoms with Gasteiger partial charge in [-0.1, -0.05) is 33.6 Å². The average molecular weight is 545 g/mol. The molecule has 4 saturated carbocycles. The molecule has 0 amide bonds. The molecule has 0 bridgehead atoms. The van der Waals surface area contributed by atoms with Gasteiger partial charge in [0.05, 0.1) is 28.8 Å². The molecule has 210 valence electrons. The molecule has 0 saturated heterocycles. The van der Waals surface area contributed by atoms with E-state index in [0.29, 0.717) is 17.2 Å².